The second-order valence-electron chi connectivity index (χ2n) is 3.28. The van der Waals surface area contributed by atoms with Crippen LogP contribution in [0.15, 0.2) is 41.5 Å². The third-order valence-corrected chi connectivity index (χ3v) is 2.39. The largest absolute Gasteiger partial charge is 0.477 e. The van der Waals surface area contributed by atoms with Crippen molar-refractivity contribution >= 4 is 17.6 Å². The maximum atomic E-state index is 11.2. The Bertz CT molecular complexity index is 619. The van der Waals surface area contributed by atoms with Gasteiger partial charge in [-0.05, 0) is 24.3 Å². The summed E-state index contributed by atoms with van der Waals surface area (Å²) in [4.78, 5) is 22.0. The second kappa shape index (κ2) is 4.39. The van der Waals surface area contributed by atoms with Gasteiger partial charge in [-0.25, -0.2) is 9.48 Å². The van der Waals surface area contributed by atoms with Crippen LogP contribution >= 0.6 is 11.6 Å². The fourth-order valence-corrected chi connectivity index (χ4v) is 1.43. The fourth-order valence-electron chi connectivity index (χ4n) is 1.30. The number of aromatic nitrogens is 2. The van der Waals surface area contributed by atoms with E-state index in [2.05, 4.69) is 5.10 Å². The van der Waals surface area contributed by atoms with Gasteiger partial charge in [0.15, 0.2) is 0 Å². The summed E-state index contributed by atoms with van der Waals surface area (Å²) in [5.41, 5.74) is -0.324. The van der Waals surface area contributed by atoms with Crippen LogP contribution in [0.3, 0.4) is 0 Å². The summed E-state index contributed by atoms with van der Waals surface area (Å²) in [6, 6.07) is 6.64. The predicted octanol–water partition coefficient (Wildman–Crippen LogP) is 1.58. The molecule has 1 aromatic carbocycles. The number of carbonyl (C=O) groups is 1. The number of halogens is 1. The molecule has 1 heterocycles. The van der Waals surface area contributed by atoms with E-state index >= 15 is 0 Å². The van der Waals surface area contributed by atoms with Crippen LogP contribution in [0.1, 0.15) is 10.4 Å². The molecule has 86 valence electrons. The van der Waals surface area contributed by atoms with E-state index in [1.54, 1.807) is 24.3 Å². The van der Waals surface area contributed by atoms with Gasteiger partial charge in [-0.1, -0.05) is 11.6 Å². The molecule has 0 saturated carbocycles. The molecule has 0 saturated heterocycles. The third-order valence-electron chi connectivity index (χ3n) is 2.14. The Morgan fingerprint density at radius 2 is 1.94 bits per heavy atom. The monoisotopic (exact) mass is 250 g/mol. The molecule has 2 aromatic rings. The van der Waals surface area contributed by atoms with Crippen molar-refractivity contribution in [1.29, 1.82) is 0 Å². The van der Waals surface area contributed by atoms with Crippen LogP contribution in [0.4, 0.5) is 0 Å². The maximum Gasteiger partial charge on any atom is 0.341 e. The molecule has 0 fully saturated rings. The third kappa shape index (κ3) is 2.34. The van der Waals surface area contributed by atoms with Gasteiger partial charge in [0.2, 0.25) is 5.43 Å². The zero-order valence-corrected chi connectivity index (χ0v) is 9.26. The lowest BCUT2D eigenvalue weighted by Crippen LogP contribution is -2.18. The normalized spacial score (nSPS) is 10.2. The summed E-state index contributed by atoms with van der Waals surface area (Å²) in [5, 5.41) is 13.2. The Morgan fingerprint density at radius 3 is 2.53 bits per heavy atom. The summed E-state index contributed by atoms with van der Waals surface area (Å²) in [5.74, 6) is -1.28. The standard InChI is InChI=1S/C11H7ClN2O3/c12-7-1-3-8(4-2-7)14-6-9(11(16)17)10(15)5-13-14/h1-6H,(H,16,17). The lowest BCUT2D eigenvalue weighted by Gasteiger charge is -2.05. The van der Waals surface area contributed by atoms with Crippen LogP contribution in [-0.4, -0.2) is 20.9 Å². The van der Waals surface area contributed by atoms with Crippen LogP contribution in [0.2, 0.25) is 5.02 Å². The smallest absolute Gasteiger partial charge is 0.341 e. The van der Waals surface area contributed by atoms with E-state index < -0.39 is 11.4 Å². The summed E-state index contributed by atoms with van der Waals surface area (Å²) < 4.78 is 1.31. The van der Waals surface area contributed by atoms with Gasteiger partial charge in [-0.3, -0.25) is 4.79 Å². The number of aromatic carboxylic acids is 1. The number of benzene rings is 1. The first kappa shape index (κ1) is 11.3. The quantitative estimate of drug-likeness (QED) is 0.878. The van der Waals surface area contributed by atoms with E-state index in [1.165, 1.54) is 10.9 Å². The Labute approximate surface area is 101 Å². The summed E-state index contributed by atoms with van der Waals surface area (Å²) >= 11 is 5.73. The van der Waals surface area contributed by atoms with Crippen molar-refractivity contribution in [3.8, 4) is 5.69 Å². The van der Waals surface area contributed by atoms with Crippen molar-refractivity contribution in [3.63, 3.8) is 0 Å². The van der Waals surface area contributed by atoms with Gasteiger partial charge >= 0.3 is 5.97 Å². The minimum absolute atomic E-state index is 0.324. The Balaban J connectivity index is 2.53. The van der Waals surface area contributed by atoms with E-state index in [9.17, 15) is 9.59 Å². The number of hydrogen-bond donors (Lipinski definition) is 1. The topological polar surface area (TPSA) is 72.2 Å². The van der Waals surface area contributed by atoms with E-state index in [-0.39, 0.29) is 5.56 Å². The van der Waals surface area contributed by atoms with Crippen molar-refractivity contribution in [2.24, 2.45) is 0 Å². The van der Waals surface area contributed by atoms with Crippen molar-refractivity contribution in [3.05, 3.63) is 57.5 Å². The number of carboxylic acid groups (broad SMARTS) is 1. The lowest BCUT2D eigenvalue weighted by atomic mass is 10.3. The minimum Gasteiger partial charge on any atom is -0.477 e. The second-order valence-corrected chi connectivity index (χ2v) is 3.71. The van der Waals surface area contributed by atoms with Crippen LogP contribution in [0.25, 0.3) is 5.69 Å². The van der Waals surface area contributed by atoms with Gasteiger partial charge < -0.3 is 5.11 Å². The van der Waals surface area contributed by atoms with Gasteiger partial charge in [0, 0.05) is 11.2 Å². The summed E-state index contributed by atoms with van der Waals surface area (Å²) in [6.07, 6.45) is 2.14. The van der Waals surface area contributed by atoms with Gasteiger partial charge in [-0.15, -0.1) is 0 Å². The molecule has 0 aliphatic carbocycles. The van der Waals surface area contributed by atoms with Crippen LogP contribution in [0.5, 0.6) is 0 Å². The van der Waals surface area contributed by atoms with Crippen LogP contribution in [-0.2, 0) is 0 Å². The summed E-state index contributed by atoms with van der Waals surface area (Å²) in [6.45, 7) is 0. The fraction of sp³-hybridized carbons (Fsp3) is 0. The van der Waals surface area contributed by atoms with Gasteiger partial charge in [0.25, 0.3) is 0 Å². The molecule has 6 heteroatoms. The minimum atomic E-state index is -1.28. The molecule has 0 radical (unpaired) electrons. The average Bonchev–Trinajstić information content (AvgIpc) is 2.30. The molecule has 1 N–H and O–H groups in total. The average molecular weight is 251 g/mol. The predicted molar refractivity (Wildman–Crippen MR) is 61.8 cm³/mol. The van der Waals surface area contributed by atoms with Crippen molar-refractivity contribution < 1.29 is 9.90 Å². The zero-order chi connectivity index (χ0) is 12.4. The highest BCUT2D eigenvalue weighted by Crippen LogP contribution is 2.12. The Kier molecular flexibility index (Phi) is 2.93. The zero-order valence-electron chi connectivity index (χ0n) is 8.50. The Hall–Kier alpha value is -2.14. The van der Waals surface area contributed by atoms with Crippen LogP contribution < -0.4 is 5.43 Å². The highest BCUT2D eigenvalue weighted by atomic mass is 35.5. The van der Waals surface area contributed by atoms with E-state index in [1.807, 2.05) is 0 Å². The molecule has 0 atom stereocenters. The molecule has 0 unspecified atom stereocenters. The van der Waals surface area contributed by atoms with E-state index in [0.717, 1.165) is 6.20 Å². The van der Waals surface area contributed by atoms with Crippen molar-refractivity contribution in [1.82, 2.24) is 9.78 Å². The SMILES string of the molecule is O=C(O)c1cn(-c2ccc(Cl)cc2)ncc1=O. The number of hydrogen-bond acceptors (Lipinski definition) is 3. The van der Waals surface area contributed by atoms with Gasteiger partial charge in [-0.2, -0.15) is 5.10 Å². The van der Waals surface area contributed by atoms with E-state index in [4.69, 9.17) is 16.7 Å². The van der Waals surface area contributed by atoms with E-state index in [0.29, 0.717) is 10.7 Å². The first-order valence-electron chi connectivity index (χ1n) is 4.66. The number of carboxylic acids is 1. The highest BCUT2D eigenvalue weighted by molar-refractivity contribution is 6.30. The highest BCUT2D eigenvalue weighted by Gasteiger charge is 2.09. The molecular formula is C11H7ClN2O3. The molecule has 2 rings (SSSR count). The molecule has 0 aliphatic rings. The maximum absolute atomic E-state index is 11.2. The lowest BCUT2D eigenvalue weighted by molar-refractivity contribution is 0.0694. The van der Waals surface area contributed by atoms with Crippen LogP contribution in [0, 0.1) is 0 Å². The molecule has 17 heavy (non-hydrogen) atoms. The first-order valence-corrected chi connectivity index (χ1v) is 5.04. The molecule has 0 spiro atoms. The molecular weight excluding hydrogens is 244 g/mol. The van der Waals surface area contributed by atoms with Crippen molar-refractivity contribution in [2.75, 3.05) is 0 Å². The molecule has 0 bridgehead atoms. The molecule has 0 aliphatic heterocycles. The summed E-state index contributed by atoms with van der Waals surface area (Å²) in [7, 11) is 0. The van der Waals surface area contributed by atoms with Crippen molar-refractivity contribution in [2.45, 2.75) is 0 Å². The van der Waals surface area contributed by atoms with Gasteiger partial charge in [0.1, 0.15) is 5.56 Å². The number of rotatable bonds is 2. The number of nitrogens with zero attached hydrogens (tertiary/aromatic N) is 2. The molecule has 0 amide bonds. The molecule has 5 nitrogen and oxygen atoms in total. The van der Waals surface area contributed by atoms with Gasteiger partial charge in [0.05, 0.1) is 11.9 Å². The Morgan fingerprint density at radius 1 is 1.29 bits per heavy atom. The molecule has 1 aromatic heterocycles. The first-order chi connectivity index (χ1) is 8.08.